The van der Waals surface area contributed by atoms with Gasteiger partial charge < -0.3 is 14.2 Å². The third-order valence-corrected chi connectivity index (χ3v) is 4.17. The van der Waals surface area contributed by atoms with E-state index in [1.165, 1.54) is 19.3 Å². The van der Waals surface area contributed by atoms with Crippen LogP contribution in [0.1, 0.15) is 59.7 Å². The molecule has 2 aromatic rings. The Bertz CT molecular complexity index is 710. The van der Waals surface area contributed by atoms with Crippen molar-refractivity contribution in [3.63, 3.8) is 0 Å². The largest absolute Gasteiger partial charge is 0.490 e. The zero-order chi connectivity index (χ0) is 20.0. The number of rotatable bonds is 12. The molecule has 0 heterocycles. The van der Waals surface area contributed by atoms with Gasteiger partial charge in [-0.05, 0) is 42.8 Å². The molecule has 0 fully saturated rings. The molecule has 0 saturated carbocycles. The first-order valence-electron chi connectivity index (χ1n) is 9.83. The van der Waals surface area contributed by atoms with Crippen LogP contribution in [0.15, 0.2) is 54.6 Å². The minimum atomic E-state index is -0.451. The van der Waals surface area contributed by atoms with Crippen molar-refractivity contribution < 1.29 is 23.8 Å². The number of para-hydroxylation sites is 1. The fraction of sp³-hybridized carbons (Fsp3) is 0.391. The predicted octanol–water partition coefficient (Wildman–Crippen LogP) is 5.05. The molecule has 28 heavy (non-hydrogen) atoms. The van der Waals surface area contributed by atoms with Gasteiger partial charge in [-0.2, -0.15) is 0 Å². The molecular formula is C23H28O5. The van der Waals surface area contributed by atoms with Gasteiger partial charge in [0.25, 0.3) is 0 Å². The minimum Gasteiger partial charge on any atom is -0.490 e. The molecule has 5 nitrogen and oxygen atoms in total. The van der Waals surface area contributed by atoms with Gasteiger partial charge >= 0.3 is 11.9 Å². The van der Waals surface area contributed by atoms with Crippen molar-refractivity contribution in [2.24, 2.45) is 0 Å². The second kappa shape index (κ2) is 12.5. The van der Waals surface area contributed by atoms with Crippen LogP contribution in [0.2, 0.25) is 0 Å². The van der Waals surface area contributed by atoms with E-state index >= 15 is 0 Å². The molecule has 0 radical (unpaired) electrons. The van der Waals surface area contributed by atoms with E-state index in [0.29, 0.717) is 17.7 Å². The fourth-order valence-corrected chi connectivity index (χ4v) is 2.59. The average Bonchev–Trinajstić information content (AvgIpc) is 2.74. The van der Waals surface area contributed by atoms with E-state index < -0.39 is 5.97 Å². The molecule has 0 aliphatic rings. The van der Waals surface area contributed by atoms with E-state index in [9.17, 15) is 9.59 Å². The van der Waals surface area contributed by atoms with Gasteiger partial charge in [0, 0.05) is 0 Å². The molecule has 5 heteroatoms. The van der Waals surface area contributed by atoms with Gasteiger partial charge in [-0.25, -0.2) is 9.59 Å². The molecule has 0 atom stereocenters. The number of hydrogen-bond donors (Lipinski definition) is 0. The van der Waals surface area contributed by atoms with E-state index in [-0.39, 0.29) is 19.2 Å². The predicted molar refractivity (Wildman–Crippen MR) is 108 cm³/mol. The van der Waals surface area contributed by atoms with Crippen LogP contribution in [0.25, 0.3) is 0 Å². The topological polar surface area (TPSA) is 61.8 Å². The summed E-state index contributed by atoms with van der Waals surface area (Å²) >= 11 is 0. The Kier molecular flexibility index (Phi) is 9.62. The first-order chi connectivity index (χ1) is 13.7. The maximum atomic E-state index is 12.0. The summed E-state index contributed by atoms with van der Waals surface area (Å²) in [6.45, 7) is 3.01. The number of esters is 2. The Labute approximate surface area is 166 Å². The summed E-state index contributed by atoms with van der Waals surface area (Å²) in [4.78, 5) is 24.0. The number of hydrogen-bond acceptors (Lipinski definition) is 5. The van der Waals surface area contributed by atoms with E-state index in [1.807, 2.05) is 30.3 Å². The minimum absolute atomic E-state index is 0.148. The van der Waals surface area contributed by atoms with E-state index in [2.05, 4.69) is 6.92 Å². The van der Waals surface area contributed by atoms with Gasteiger partial charge in [0.1, 0.15) is 19.0 Å². The molecule has 0 aliphatic carbocycles. The van der Waals surface area contributed by atoms with Gasteiger partial charge in [0.15, 0.2) is 0 Å². The van der Waals surface area contributed by atoms with Gasteiger partial charge in [0.2, 0.25) is 0 Å². The van der Waals surface area contributed by atoms with Crippen molar-refractivity contribution in [1.29, 1.82) is 0 Å². The second-order valence-corrected chi connectivity index (χ2v) is 6.42. The molecule has 2 aromatic carbocycles. The Morgan fingerprint density at radius 3 is 1.86 bits per heavy atom. The van der Waals surface area contributed by atoms with Crippen LogP contribution < -0.4 is 4.74 Å². The van der Waals surface area contributed by atoms with Crippen LogP contribution in [0.5, 0.6) is 5.75 Å². The van der Waals surface area contributed by atoms with E-state index in [1.54, 1.807) is 24.3 Å². The highest BCUT2D eigenvalue weighted by molar-refractivity contribution is 5.93. The van der Waals surface area contributed by atoms with E-state index in [4.69, 9.17) is 14.2 Å². The zero-order valence-electron chi connectivity index (χ0n) is 16.4. The molecular weight excluding hydrogens is 356 g/mol. The normalized spacial score (nSPS) is 10.3. The molecule has 0 N–H and O–H groups in total. The molecule has 0 unspecified atom stereocenters. The van der Waals surface area contributed by atoms with Crippen LogP contribution in [0, 0.1) is 0 Å². The summed E-state index contributed by atoms with van der Waals surface area (Å²) in [6.07, 6.45) is 5.51. The SMILES string of the molecule is CCCCCCCOC(=O)c1ccc(C(=O)OCCOc2ccccc2)cc1. The van der Waals surface area contributed by atoms with Crippen LogP contribution in [-0.4, -0.2) is 31.8 Å². The van der Waals surface area contributed by atoms with Crippen molar-refractivity contribution >= 4 is 11.9 Å². The molecule has 0 bridgehead atoms. The number of carbonyl (C=O) groups is 2. The van der Waals surface area contributed by atoms with Crippen molar-refractivity contribution in [3.8, 4) is 5.75 Å². The van der Waals surface area contributed by atoms with Gasteiger partial charge in [-0.3, -0.25) is 0 Å². The summed E-state index contributed by atoms with van der Waals surface area (Å²) in [5, 5.41) is 0. The van der Waals surface area contributed by atoms with Crippen LogP contribution in [-0.2, 0) is 9.47 Å². The number of carbonyl (C=O) groups excluding carboxylic acids is 2. The summed E-state index contributed by atoms with van der Waals surface area (Å²) in [7, 11) is 0. The van der Waals surface area contributed by atoms with Gasteiger partial charge in [-0.15, -0.1) is 0 Å². The highest BCUT2D eigenvalue weighted by atomic mass is 16.6. The zero-order valence-corrected chi connectivity index (χ0v) is 16.4. The van der Waals surface area contributed by atoms with Gasteiger partial charge in [-0.1, -0.05) is 50.8 Å². The van der Waals surface area contributed by atoms with Crippen molar-refractivity contribution in [1.82, 2.24) is 0 Å². The molecule has 0 amide bonds. The van der Waals surface area contributed by atoms with Crippen molar-refractivity contribution in [2.45, 2.75) is 39.0 Å². The quantitative estimate of drug-likeness (QED) is 0.378. The highest BCUT2D eigenvalue weighted by Gasteiger charge is 2.11. The summed E-state index contributed by atoms with van der Waals surface area (Å²) in [5.74, 6) is -0.0917. The highest BCUT2D eigenvalue weighted by Crippen LogP contribution is 2.10. The Hall–Kier alpha value is -2.82. The maximum Gasteiger partial charge on any atom is 0.338 e. The average molecular weight is 384 g/mol. The summed E-state index contributed by atoms with van der Waals surface area (Å²) in [6, 6.07) is 15.6. The molecule has 0 spiro atoms. The van der Waals surface area contributed by atoms with E-state index in [0.717, 1.165) is 18.6 Å². The van der Waals surface area contributed by atoms with Crippen molar-refractivity contribution in [3.05, 3.63) is 65.7 Å². The first kappa shape index (κ1) is 21.5. The van der Waals surface area contributed by atoms with Crippen LogP contribution in [0.4, 0.5) is 0 Å². The summed E-state index contributed by atoms with van der Waals surface area (Å²) < 4.78 is 15.9. The Morgan fingerprint density at radius 1 is 0.679 bits per heavy atom. The standard InChI is InChI=1S/C23H28O5/c1-2-3-4-5-9-16-27-22(24)19-12-14-20(15-13-19)23(25)28-18-17-26-21-10-7-6-8-11-21/h6-8,10-15H,2-5,9,16-18H2,1H3. The van der Waals surface area contributed by atoms with Gasteiger partial charge in [0.05, 0.1) is 17.7 Å². The lowest BCUT2D eigenvalue weighted by Gasteiger charge is -2.08. The number of ether oxygens (including phenoxy) is 3. The lowest BCUT2D eigenvalue weighted by Crippen LogP contribution is -2.13. The lowest BCUT2D eigenvalue weighted by atomic mass is 10.1. The van der Waals surface area contributed by atoms with Crippen LogP contribution in [0.3, 0.4) is 0 Å². The lowest BCUT2D eigenvalue weighted by molar-refractivity contribution is 0.0447. The molecule has 0 aromatic heterocycles. The smallest absolute Gasteiger partial charge is 0.338 e. The monoisotopic (exact) mass is 384 g/mol. The molecule has 2 rings (SSSR count). The Balaban J connectivity index is 1.67. The van der Waals surface area contributed by atoms with Crippen molar-refractivity contribution in [2.75, 3.05) is 19.8 Å². The summed E-state index contributed by atoms with van der Waals surface area (Å²) in [5.41, 5.74) is 0.813. The third-order valence-electron chi connectivity index (χ3n) is 4.17. The first-order valence-corrected chi connectivity index (χ1v) is 9.83. The third kappa shape index (κ3) is 7.82. The van der Waals surface area contributed by atoms with Crippen LogP contribution >= 0.6 is 0 Å². The number of benzene rings is 2. The Morgan fingerprint density at radius 2 is 1.25 bits per heavy atom. The second-order valence-electron chi connectivity index (χ2n) is 6.42. The number of unbranched alkanes of at least 4 members (excludes halogenated alkanes) is 4. The molecule has 0 saturated heterocycles. The maximum absolute atomic E-state index is 12.0. The molecule has 150 valence electrons. The fourth-order valence-electron chi connectivity index (χ4n) is 2.59. The molecule has 0 aliphatic heterocycles.